The molecule has 0 aliphatic heterocycles. The number of nitrogens with zero attached hydrogens (tertiary/aromatic N) is 2. The molecule has 0 atom stereocenters. The van der Waals surface area contributed by atoms with Gasteiger partial charge in [0.25, 0.3) is 0 Å². The van der Waals surface area contributed by atoms with Gasteiger partial charge >= 0.3 is 5.97 Å². The summed E-state index contributed by atoms with van der Waals surface area (Å²) in [7, 11) is 3.96. The molecule has 0 amide bonds. The third-order valence-corrected chi connectivity index (χ3v) is 5.69. The number of halogens is 1. The zero-order valence-corrected chi connectivity index (χ0v) is 20.2. The molecule has 1 aromatic heterocycles. The van der Waals surface area contributed by atoms with Gasteiger partial charge in [-0.05, 0) is 74.6 Å². The van der Waals surface area contributed by atoms with Gasteiger partial charge in [0.05, 0.1) is 22.5 Å². The highest BCUT2D eigenvalue weighted by molar-refractivity contribution is 6.21. The fraction of sp³-hybridized carbons (Fsp3) is 0.214. The predicted molar refractivity (Wildman–Crippen MR) is 138 cm³/mol. The maximum atomic E-state index is 13.8. The Morgan fingerprint density at radius 3 is 2.58 bits per heavy atom. The Hall–Kier alpha value is -4.17. The average molecular weight is 490 g/mol. The minimum Gasteiger partial charge on any atom is -0.494 e. The zero-order valence-electron chi connectivity index (χ0n) is 20.2. The molecule has 0 unspecified atom stereocenters. The number of aliphatic carboxylic acids is 1. The van der Waals surface area contributed by atoms with Crippen molar-refractivity contribution in [2.75, 3.05) is 27.2 Å². The summed E-state index contributed by atoms with van der Waals surface area (Å²) in [6.07, 6.45) is 0.364. The largest absolute Gasteiger partial charge is 0.494 e. The number of aliphatic imine (C=N–C) groups is 1. The number of H-pyrrole nitrogens is 1. The molecule has 0 aliphatic carbocycles. The number of aromatic hydroxyl groups is 1. The van der Waals surface area contributed by atoms with Crippen LogP contribution in [0.2, 0.25) is 0 Å². The van der Waals surface area contributed by atoms with Gasteiger partial charge in [0.1, 0.15) is 18.2 Å². The molecule has 0 fully saturated rings. The summed E-state index contributed by atoms with van der Waals surface area (Å²) in [6, 6.07) is 19.0. The lowest BCUT2D eigenvalue weighted by Crippen LogP contribution is -2.19. The number of aromatic amines is 1. The van der Waals surface area contributed by atoms with Crippen molar-refractivity contribution in [1.82, 2.24) is 9.88 Å². The smallest absolute Gasteiger partial charge is 0.303 e. The van der Waals surface area contributed by atoms with Gasteiger partial charge in [0, 0.05) is 23.9 Å². The maximum Gasteiger partial charge on any atom is 0.303 e. The summed E-state index contributed by atoms with van der Waals surface area (Å²) in [4.78, 5) is 20.8. The van der Waals surface area contributed by atoms with E-state index in [1.807, 2.05) is 67.5 Å². The van der Waals surface area contributed by atoms with Crippen LogP contribution in [0, 0.1) is 5.82 Å². The molecule has 4 rings (SSSR count). The van der Waals surface area contributed by atoms with Crippen LogP contribution in [0.5, 0.6) is 11.6 Å². The number of benzene rings is 3. The lowest BCUT2D eigenvalue weighted by Gasteiger charge is -2.12. The fourth-order valence-corrected chi connectivity index (χ4v) is 3.88. The Labute approximate surface area is 208 Å². The van der Waals surface area contributed by atoms with Gasteiger partial charge in [-0.1, -0.05) is 18.2 Å². The Morgan fingerprint density at radius 1 is 1.08 bits per heavy atom. The van der Waals surface area contributed by atoms with E-state index in [-0.39, 0.29) is 12.3 Å². The number of fused-ring (bicyclic) bond motifs is 1. The van der Waals surface area contributed by atoms with Gasteiger partial charge in [0.15, 0.2) is 5.88 Å². The van der Waals surface area contributed by atoms with Crippen molar-refractivity contribution in [3.8, 4) is 11.6 Å². The third-order valence-electron chi connectivity index (χ3n) is 5.69. The van der Waals surface area contributed by atoms with E-state index in [2.05, 4.69) is 4.98 Å². The van der Waals surface area contributed by atoms with Crippen molar-refractivity contribution in [3.05, 3.63) is 89.2 Å². The molecule has 0 saturated heterocycles. The molecule has 0 saturated carbocycles. The molecule has 186 valence electrons. The Bertz CT molecular complexity index is 1390. The van der Waals surface area contributed by atoms with Crippen molar-refractivity contribution in [2.45, 2.75) is 12.8 Å². The molecule has 36 heavy (non-hydrogen) atoms. The second-order valence-corrected chi connectivity index (χ2v) is 8.74. The first-order valence-corrected chi connectivity index (χ1v) is 11.6. The summed E-state index contributed by atoms with van der Waals surface area (Å²) in [6.45, 7) is 1.35. The number of hydrogen-bond donors (Lipinski definition) is 3. The van der Waals surface area contributed by atoms with Crippen LogP contribution < -0.4 is 4.74 Å². The second-order valence-electron chi connectivity index (χ2n) is 8.74. The quantitative estimate of drug-likeness (QED) is 0.268. The van der Waals surface area contributed by atoms with Gasteiger partial charge in [-0.25, -0.2) is 9.38 Å². The highest BCUT2D eigenvalue weighted by Gasteiger charge is 2.19. The fourth-order valence-electron chi connectivity index (χ4n) is 3.88. The molecule has 0 aliphatic rings. The summed E-state index contributed by atoms with van der Waals surface area (Å²) >= 11 is 0. The first-order valence-electron chi connectivity index (χ1n) is 11.6. The number of nitrogens with one attached hydrogen (secondary N) is 1. The minimum atomic E-state index is -0.876. The third kappa shape index (κ3) is 6.09. The van der Waals surface area contributed by atoms with E-state index in [1.165, 1.54) is 12.1 Å². The number of aryl methyl sites for hydroxylation is 1. The van der Waals surface area contributed by atoms with Crippen molar-refractivity contribution >= 4 is 28.3 Å². The molecule has 0 radical (unpaired) electrons. The van der Waals surface area contributed by atoms with Gasteiger partial charge in [0.2, 0.25) is 0 Å². The summed E-state index contributed by atoms with van der Waals surface area (Å²) in [5, 5.41) is 20.5. The monoisotopic (exact) mass is 489 g/mol. The van der Waals surface area contributed by atoms with E-state index in [9.17, 15) is 14.3 Å². The number of likely N-dealkylation sites (N-methyl/N-ethyl adjacent to an activating group) is 1. The van der Waals surface area contributed by atoms with E-state index in [0.717, 1.165) is 17.9 Å². The van der Waals surface area contributed by atoms with Crippen molar-refractivity contribution in [1.29, 1.82) is 0 Å². The van der Waals surface area contributed by atoms with Crippen LogP contribution in [0.25, 0.3) is 10.9 Å². The van der Waals surface area contributed by atoms with E-state index in [4.69, 9.17) is 14.8 Å². The van der Waals surface area contributed by atoms with Crippen LogP contribution in [0.3, 0.4) is 0 Å². The van der Waals surface area contributed by atoms with Crippen molar-refractivity contribution < 1.29 is 24.1 Å². The number of carboxylic acids is 1. The Kier molecular flexibility index (Phi) is 7.65. The Balaban J connectivity index is 1.76. The molecule has 3 N–H and O–H groups in total. The number of carboxylic acid groups (broad SMARTS) is 1. The number of rotatable bonds is 10. The molecule has 7 nitrogen and oxygen atoms in total. The lowest BCUT2D eigenvalue weighted by atomic mass is 9.97. The van der Waals surface area contributed by atoms with Crippen molar-refractivity contribution in [2.24, 2.45) is 4.99 Å². The van der Waals surface area contributed by atoms with Gasteiger partial charge in [-0.3, -0.25) is 4.79 Å². The zero-order chi connectivity index (χ0) is 25.7. The van der Waals surface area contributed by atoms with Crippen LogP contribution >= 0.6 is 0 Å². The van der Waals surface area contributed by atoms with Crippen LogP contribution in [-0.4, -0.2) is 59.0 Å². The number of hydrogen-bond acceptors (Lipinski definition) is 5. The van der Waals surface area contributed by atoms with Crippen LogP contribution in [0.15, 0.2) is 71.7 Å². The summed E-state index contributed by atoms with van der Waals surface area (Å²) < 4.78 is 19.6. The van der Waals surface area contributed by atoms with E-state index in [1.54, 1.807) is 6.07 Å². The topological polar surface area (TPSA) is 98.2 Å². The number of carbonyl (C=O) groups is 1. The maximum absolute atomic E-state index is 13.8. The summed E-state index contributed by atoms with van der Waals surface area (Å²) in [5.41, 5.74) is 3.52. The standard InChI is InChI=1S/C28H28FN3O4/c1-32(2)14-15-36-22-10-8-21(9-11-22)30-27(19-5-3-4-18(16-19)6-13-25(33)34)26-23-12-7-20(29)17-24(23)31-28(26)35/h3-5,7-12,16-17,31,35H,6,13-15H2,1-2H3,(H,33,34). The SMILES string of the molecule is CN(C)CCOc1ccc(N=C(c2cccc(CCC(=O)O)c2)c2c(O)[nH]c3cc(F)ccc23)cc1. The van der Waals surface area contributed by atoms with Crippen LogP contribution in [0.4, 0.5) is 10.1 Å². The van der Waals surface area contributed by atoms with Crippen LogP contribution in [0.1, 0.15) is 23.1 Å². The second kappa shape index (κ2) is 11.0. The number of aromatic nitrogens is 1. The summed E-state index contributed by atoms with van der Waals surface area (Å²) in [5.74, 6) is -0.708. The molecule has 8 heteroatoms. The highest BCUT2D eigenvalue weighted by atomic mass is 19.1. The molecular formula is C28H28FN3O4. The normalized spacial score (nSPS) is 11.8. The van der Waals surface area contributed by atoms with Crippen LogP contribution in [-0.2, 0) is 11.2 Å². The first kappa shape index (κ1) is 24.9. The molecule has 1 heterocycles. The predicted octanol–water partition coefficient (Wildman–Crippen LogP) is 5.14. The van der Waals surface area contributed by atoms with E-state index in [0.29, 0.717) is 46.5 Å². The van der Waals surface area contributed by atoms with Crippen molar-refractivity contribution in [3.63, 3.8) is 0 Å². The minimum absolute atomic E-state index is 0.00280. The average Bonchev–Trinajstić information content (AvgIpc) is 3.16. The molecule has 0 bridgehead atoms. The van der Waals surface area contributed by atoms with E-state index < -0.39 is 11.8 Å². The molecule has 4 aromatic rings. The highest BCUT2D eigenvalue weighted by Crippen LogP contribution is 2.32. The Morgan fingerprint density at radius 2 is 1.86 bits per heavy atom. The van der Waals surface area contributed by atoms with Gasteiger partial charge in [-0.2, -0.15) is 0 Å². The molecular weight excluding hydrogens is 461 g/mol. The van der Waals surface area contributed by atoms with Gasteiger partial charge < -0.3 is 24.8 Å². The van der Waals surface area contributed by atoms with Gasteiger partial charge in [-0.15, -0.1) is 0 Å². The first-order chi connectivity index (χ1) is 17.3. The van der Waals surface area contributed by atoms with E-state index >= 15 is 0 Å². The number of ether oxygens (including phenoxy) is 1. The molecule has 3 aromatic carbocycles. The lowest BCUT2D eigenvalue weighted by molar-refractivity contribution is -0.136. The molecule has 0 spiro atoms.